The maximum absolute atomic E-state index is 4.76. The largest absolute Gasteiger partial charge is 0.382 e. The molecule has 3 heterocycles. The molecule has 0 radical (unpaired) electrons. The molecule has 4 aromatic rings. The van der Waals surface area contributed by atoms with E-state index >= 15 is 0 Å². The number of H-pyrrole nitrogens is 1. The van der Waals surface area contributed by atoms with Crippen LogP contribution in [-0.4, -0.2) is 30.6 Å². The fourth-order valence-corrected chi connectivity index (χ4v) is 3.65. The molecule has 0 unspecified atom stereocenters. The predicted octanol–water partition coefficient (Wildman–Crippen LogP) is 4.23. The summed E-state index contributed by atoms with van der Waals surface area (Å²) in [5.74, 6) is 1.42. The summed E-state index contributed by atoms with van der Waals surface area (Å²) >= 11 is 1.62. The number of rotatable bonds is 6. The van der Waals surface area contributed by atoms with E-state index in [9.17, 15) is 0 Å². The van der Waals surface area contributed by atoms with Crippen LogP contribution < -0.4 is 10.6 Å². The smallest absolute Gasteiger partial charge is 0.215 e. The number of aromatic nitrogens is 5. The van der Waals surface area contributed by atoms with Gasteiger partial charge in [-0.3, -0.25) is 9.50 Å². The van der Waals surface area contributed by atoms with Gasteiger partial charge in [-0.05, 0) is 44.0 Å². The van der Waals surface area contributed by atoms with Crippen molar-refractivity contribution in [3.63, 3.8) is 0 Å². The van der Waals surface area contributed by atoms with Crippen molar-refractivity contribution in [2.75, 3.05) is 10.6 Å². The molecule has 1 aromatic carbocycles. The molecule has 0 bridgehead atoms. The van der Waals surface area contributed by atoms with Crippen LogP contribution >= 0.6 is 11.8 Å². The van der Waals surface area contributed by atoms with E-state index in [0.717, 1.165) is 27.1 Å². The summed E-state index contributed by atoms with van der Waals surface area (Å²) in [7, 11) is 0. The van der Waals surface area contributed by atoms with E-state index in [4.69, 9.17) is 4.98 Å². The summed E-state index contributed by atoms with van der Waals surface area (Å²) < 4.78 is 1.91. The van der Waals surface area contributed by atoms with Crippen molar-refractivity contribution in [2.24, 2.45) is 0 Å². The molecular formula is C19H19N7S. The second kappa shape index (κ2) is 6.62. The summed E-state index contributed by atoms with van der Waals surface area (Å²) in [6.45, 7) is 1.96. The Morgan fingerprint density at radius 3 is 2.78 bits per heavy atom. The average molecular weight is 377 g/mol. The second-order valence-electron chi connectivity index (χ2n) is 6.68. The molecule has 0 atom stereocenters. The summed E-state index contributed by atoms with van der Waals surface area (Å²) in [4.78, 5) is 10.3. The number of nitrogens with zero attached hydrogens (tertiary/aromatic N) is 4. The van der Waals surface area contributed by atoms with Crippen molar-refractivity contribution in [1.82, 2.24) is 24.6 Å². The molecule has 5 rings (SSSR count). The molecule has 3 N–H and O–H groups in total. The summed E-state index contributed by atoms with van der Waals surface area (Å²) in [5.41, 5.74) is 3.01. The van der Waals surface area contributed by atoms with Crippen LogP contribution in [0.4, 0.5) is 17.5 Å². The molecule has 0 aliphatic heterocycles. The van der Waals surface area contributed by atoms with Crippen LogP contribution in [0.3, 0.4) is 0 Å². The highest BCUT2D eigenvalue weighted by Gasteiger charge is 2.20. The SMILES string of the molecule is Cc1cc(Nc2nc(Sc3ccc(NC4CC4)cc3)cc3nccn23)n[nH]1. The van der Waals surface area contributed by atoms with E-state index in [-0.39, 0.29) is 0 Å². The van der Waals surface area contributed by atoms with Gasteiger partial charge in [-0.1, -0.05) is 11.8 Å². The minimum absolute atomic E-state index is 0.660. The van der Waals surface area contributed by atoms with Crippen molar-refractivity contribution in [1.29, 1.82) is 0 Å². The first-order valence-corrected chi connectivity index (χ1v) is 9.72. The number of fused-ring (bicyclic) bond motifs is 1. The van der Waals surface area contributed by atoms with E-state index in [1.165, 1.54) is 18.5 Å². The molecule has 0 saturated heterocycles. The number of benzene rings is 1. The van der Waals surface area contributed by atoms with Gasteiger partial charge in [-0.15, -0.1) is 0 Å². The first kappa shape index (κ1) is 16.2. The fraction of sp³-hybridized carbons (Fsp3) is 0.211. The summed E-state index contributed by atoms with van der Waals surface area (Å²) in [6, 6.07) is 13.1. The Kier molecular flexibility index (Phi) is 3.97. The number of anilines is 3. The minimum atomic E-state index is 0.660. The van der Waals surface area contributed by atoms with Crippen molar-refractivity contribution < 1.29 is 0 Å². The lowest BCUT2D eigenvalue weighted by atomic mass is 10.3. The Bertz CT molecular complexity index is 1080. The highest BCUT2D eigenvalue weighted by Crippen LogP contribution is 2.31. The van der Waals surface area contributed by atoms with Crippen LogP contribution in [0.25, 0.3) is 5.65 Å². The van der Waals surface area contributed by atoms with E-state index in [1.807, 2.05) is 29.7 Å². The Hall–Kier alpha value is -3.00. The highest BCUT2D eigenvalue weighted by molar-refractivity contribution is 7.99. The Morgan fingerprint density at radius 1 is 1.19 bits per heavy atom. The van der Waals surface area contributed by atoms with Crippen molar-refractivity contribution >= 4 is 34.9 Å². The quantitative estimate of drug-likeness (QED) is 0.436. The standard InChI is InChI=1S/C19H19N7S/c1-12-10-16(25-24-12)22-19-23-18(11-17-20-8-9-26(17)19)27-15-6-4-14(5-7-15)21-13-2-3-13/h4-11,13,21H,2-3H2,1H3,(H2,22,23,24,25). The van der Waals surface area contributed by atoms with Crippen LogP contribution in [-0.2, 0) is 0 Å². The third kappa shape index (κ3) is 3.61. The number of hydrogen-bond donors (Lipinski definition) is 3. The lowest BCUT2D eigenvalue weighted by Crippen LogP contribution is -2.02. The van der Waals surface area contributed by atoms with Gasteiger partial charge in [-0.25, -0.2) is 9.97 Å². The third-order valence-corrected chi connectivity index (χ3v) is 5.26. The fourth-order valence-electron chi connectivity index (χ4n) is 2.84. The number of aryl methyl sites for hydroxylation is 1. The van der Waals surface area contributed by atoms with Crippen molar-refractivity contribution in [3.05, 3.63) is 54.5 Å². The third-order valence-electron chi connectivity index (χ3n) is 4.34. The molecule has 1 saturated carbocycles. The van der Waals surface area contributed by atoms with Gasteiger partial charge in [0.15, 0.2) is 5.82 Å². The maximum Gasteiger partial charge on any atom is 0.215 e. The Morgan fingerprint density at radius 2 is 2.04 bits per heavy atom. The van der Waals surface area contributed by atoms with Gasteiger partial charge >= 0.3 is 0 Å². The average Bonchev–Trinajstić information content (AvgIpc) is 3.17. The lowest BCUT2D eigenvalue weighted by Gasteiger charge is -2.09. The lowest BCUT2D eigenvalue weighted by molar-refractivity contribution is 0.999. The van der Waals surface area contributed by atoms with Gasteiger partial charge in [0, 0.05) is 46.8 Å². The molecule has 136 valence electrons. The zero-order chi connectivity index (χ0) is 18.2. The number of hydrogen-bond acceptors (Lipinski definition) is 6. The second-order valence-corrected chi connectivity index (χ2v) is 7.77. The topological polar surface area (TPSA) is 82.9 Å². The van der Waals surface area contributed by atoms with Crippen molar-refractivity contribution in [2.45, 2.75) is 35.7 Å². The predicted molar refractivity (Wildman–Crippen MR) is 107 cm³/mol. The number of nitrogens with one attached hydrogen (secondary N) is 3. The van der Waals surface area contributed by atoms with E-state index in [2.05, 4.69) is 50.1 Å². The van der Waals surface area contributed by atoms with Crippen LogP contribution in [0.1, 0.15) is 18.5 Å². The highest BCUT2D eigenvalue weighted by atomic mass is 32.2. The van der Waals surface area contributed by atoms with E-state index in [1.54, 1.807) is 18.0 Å². The van der Waals surface area contributed by atoms with Gasteiger partial charge in [0.05, 0.1) is 0 Å². The molecule has 1 aliphatic carbocycles. The van der Waals surface area contributed by atoms with Gasteiger partial charge < -0.3 is 10.6 Å². The number of imidazole rings is 1. The summed E-state index contributed by atoms with van der Waals surface area (Å²) in [5, 5.41) is 14.8. The van der Waals surface area contributed by atoms with Crippen LogP contribution in [0.2, 0.25) is 0 Å². The van der Waals surface area contributed by atoms with Crippen LogP contribution in [0, 0.1) is 6.92 Å². The summed E-state index contributed by atoms with van der Waals surface area (Å²) in [6.07, 6.45) is 6.20. The van der Waals surface area contributed by atoms with Crippen LogP contribution in [0.5, 0.6) is 0 Å². The van der Waals surface area contributed by atoms with E-state index in [0.29, 0.717) is 12.0 Å². The Balaban J connectivity index is 1.40. The number of aromatic amines is 1. The van der Waals surface area contributed by atoms with Gasteiger partial charge in [0.2, 0.25) is 5.95 Å². The molecular weight excluding hydrogens is 358 g/mol. The normalized spacial score (nSPS) is 13.8. The maximum atomic E-state index is 4.76. The first-order valence-electron chi connectivity index (χ1n) is 8.90. The Labute approximate surface area is 160 Å². The monoisotopic (exact) mass is 377 g/mol. The first-order chi connectivity index (χ1) is 13.2. The molecule has 3 aromatic heterocycles. The molecule has 1 fully saturated rings. The zero-order valence-corrected chi connectivity index (χ0v) is 15.6. The van der Waals surface area contributed by atoms with Gasteiger partial charge in [0.1, 0.15) is 10.7 Å². The van der Waals surface area contributed by atoms with E-state index < -0.39 is 0 Å². The molecule has 8 heteroatoms. The van der Waals surface area contributed by atoms with Gasteiger partial charge in [-0.2, -0.15) is 5.10 Å². The van der Waals surface area contributed by atoms with Crippen LogP contribution in [0.15, 0.2) is 58.7 Å². The van der Waals surface area contributed by atoms with Crippen molar-refractivity contribution in [3.8, 4) is 0 Å². The molecule has 0 amide bonds. The zero-order valence-electron chi connectivity index (χ0n) is 14.8. The molecule has 7 nitrogen and oxygen atoms in total. The molecule has 0 spiro atoms. The molecule has 1 aliphatic rings. The minimum Gasteiger partial charge on any atom is -0.382 e. The van der Waals surface area contributed by atoms with Gasteiger partial charge in [0.25, 0.3) is 0 Å². The molecule has 27 heavy (non-hydrogen) atoms.